The molecule has 2 rings (SSSR count). The van der Waals surface area contributed by atoms with Crippen LogP contribution < -0.4 is 20.7 Å². The van der Waals surface area contributed by atoms with E-state index in [2.05, 4.69) is 10.2 Å². The minimum atomic E-state index is -0.417. The topological polar surface area (TPSA) is 67.6 Å². The molecule has 0 aliphatic carbocycles. The summed E-state index contributed by atoms with van der Waals surface area (Å²) < 4.78 is 5.39. The first kappa shape index (κ1) is 16.9. The zero-order valence-electron chi connectivity index (χ0n) is 13.1. The van der Waals surface area contributed by atoms with Crippen LogP contribution in [0.2, 0.25) is 5.02 Å². The summed E-state index contributed by atoms with van der Waals surface area (Å²) in [5, 5.41) is 3.71. The zero-order chi connectivity index (χ0) is 16.1. The van der Waals surface area contributed by atoms with Crippen LogP contribution in [0.1, 0.15) is 26.2 Å². The number of carbonyl (C=O) groups is 1. The molecule has 2 atom stereocenters. The molecular weight excluding hydrogens is 302 g/mol. The Hall–Kier alpha value is -1.46. The van der Waals surface area contributed by atoms with Crippen molar-refractivity contribution in [1.29, 1.82) is 0 Å². The predicted molar refractivity (Wildman–Crippen MR) is 89.6 cm³/mol. The Morgan fingerprint density at radius 1 is 1.59 bits per heavy atom. The minimum absolute atomic E-state index is 0.0632. The second kappa shape index (κ2) is 7.70. The van der Waals surface area contributed by atoms with Crippen molar-refractivity contribution in [1.82, 2.24) is 5.32 Å². The van der Waals surface area contributed by atoms with E-state index < -0.39 is 6.04 Å². The monoisotopic (exact) mass is 325 g/mol. The number of hydrogen-bond acceptors (Lipinski definition) is 4. The molecule has 1 saturated heterocycles. The van der Waals surface area contributed by atoms with Crippen molar-refractivity contribution in [3.05, 3.63) is 23.2 Å². The summed E-state index contributed by atoms with van der Waals surface area (Å²) >= 11 is 6.08. The van der Waals surface area contributed by atoms with Crippen LogP contribution in [-0.4, -0.2) is 38.2 Å². The molecule has 122 valence electrons. The largest absolute Gasteiger partial charge is 0.495 e. The van der Waals surface area contributed by atoms with Gasteiger partial charge in [-0.1, -0.05) is 24.9 Å². The summed E-state index contributed by atoms with van der Waals surface area (Å²) in [6, 6.07) is 5.26. The highest BCUT2D eigenvalue weighted by molar-refractivity contribution is 6.30. The Labute approximate surface area is 136 Å². The number of carbonyl (C=O) groups excluding carboxylic acids is 1. The van der Waals surface area contributed by atoms with Crippen molar-refractivity contribution in [2.45, 2.75) is 38.3 Å². The highest BCUT2D eigenvalue weighted by Gasteiger charge is 2.27. The lowest BCUT2D eigenvalue weighted by Gasteiger charge is -2.22. The fourth-order valence-corrected chi connectivity index (χ4v) is 2.92. The molecule has 1 aliphatic heterocycles. The van der Waals surface area contributed by atoms with Crippen LogP contribution in [0.25, 0.3) is 0 Å². The Balaban J connectivity index is 1.98. The number of benzene rings is 1. The third kappa shape index (κ3) is 4.05. The average molecular weight is 326 g/mol. The normalized spacial score (nSPS) is 19.1. The standard InChI is InChI=1S/C16H24ClN3O2/c1-3-4-13(18)16(21)19-12-7-8-20(10-12)14-9-11(17)5-6-15(14)22-2/h5-6,9,12-13H,3-4,7-8,10,18H2,1-2H3,(H,19,21). The zero-order valence-corrected chi connectivity index (χ0v) is 13.9. The maximum Gasteiger partial charge on any atom is 0.237 e. The molecular formula is C16H24ClN3O2. The fourth-order valence-electron chi connectivity index (χ4n) is 2.76. The first-order chi connectivity index (χ1) is 10.5. The van der Waals surface area contributed by atoms with Crippen LogP contribution in [-0.2, 0) is 4.79 Å². The molecule has 0 saturated carbocycles. The van der Waals surface area contributed by atoms with Gasteiger partial charge >= 0.3 is 0 Å². The fraction of sp³-hybridized carbons (Fsp3) is 0.562. The number of amides is 1. The molecule has 6 heteroatoms. The van der Waals surface area contributed by atoms with E-state index in [1.54, 1.807) is 7.11 Å². The average Bonchev–Trinajstić information content (AvgIpc) is 2.95. The van der Waals surface area contributed by atoms with Crippen LogP contribution in [0.5, 0.6) is 5.75 Å². The number of hydrogen-bond donors (Lipinski definition) is 2. The number of nitrogens with one attached hydrogen (secondary N) is 1. The molecule has 3 N–H and O–H groups in total. The summed E-state index contributed by atoms with van der Waals surface area (Å²) in [6.07, 6.45) is 2.51. The van der Waals surface area contributed by atoms with Crippen LogP contribution in [0.3, 0.4) is 0 Å². The number of nitrogens with zero attached hydrogens (tertiary/aromatic N) is 1. The van der Waals surface area contributed by atoms with Gasteiger partial charge in [0.25, 0.3) is 0 Å². The number of anilines is 1. The minimum Gasteiger partial charge on any atom is -0.495 e. The molecule has 22 heavy (non-hydrogen) atoms. The van der Waals surface area contributed by atoms with E-state index in [4.69, 9.17) is 22.1 Å². The summed E-state index contributed by atoms with van der Waals surface area (Å²) in [4.78, 5) is 14.2. The van der Waals surface area contributed by atoms with Crippen molar-refractivity contribution < 1.29 is 9.53 Å². The smallest absolute Gasteiger partial charge is 0.237 e. The number of methoxy groups -OCH3 is 1. The van der Waals surface area contributed by atoms with Gasteiger partial charge in [-0.15, -0.1) is 0 Å². The van der Waals surface area contributed by atoms with Crippen molar-refractivity contribution in [3.8, 4) is 5.75 Å². The summed E-state index contributed by atoms with van der Waals surface area (Å²) in [5.74, 6) is 0.728. The van der Waals surface area contributed by atoms with E-state index >= 15 is 0 Å². The van der Waals surface area contributed by atoms with Crippen molar-refractivity contribution in [3.63, 3.8) is 0 Å². The first-order valence-electron chi connectivity index (χ1n) is 7.69. The van der Waals surface area contributed by atoms with Gasteiger partial charge in [-0.3, -0.25) is 4.79 Å². The number of ether oxygens (including phenoxy) is 1. The molecule has 1 aliphatic rings. The number of rotatable bonds is 6. The molecule has 1 heterocycles. The summed E-state index contributed by atoms with van der Waals surface area (Å²) in [6.45, 7) is 3.61. The van der Waals surface area contributed by atoms with Crippen LogP contribution >= 0.6 is 11.6 Å². The van der Waals surface area contributed by atoms with E-state index in [-0.39, 0.29) is 11.9 Å². The van der Waals surface area contributed by atoms with Crippen molar-refractivity contribution in [2.75, 3.05) is 25.1 Å². The van der Waals surface area contributed by atoms with E-state index in [0.717, 1.165) is 37.4 Å². The highest BCUT2D eigenvalue weighted by atomic mass is 35.5. The number of halogens is 1. The predicted octanol–water partition coefficient (Wildman–Crippen LogP) is 2.17. The maximum absolute atomic E-state index is 12.0. The van der Waals surface area contributed by atoms with Gasteiger partial charge in [0, 0.05) is 24.2 Å². The van der Waals surface area contributed by atoms with Crippen LogP contribution in [0, 0.1) is 0 Å². The first-order valence-corrected chi connectivity index (χ1v) is 8.07. The summed E-state index contributed by atoms with van der Waals surface area (Å²) in [7, 11) is 1.64. The Morgan fingerprint density at radius 2 is 2.36 bits per heavy atom. The third-order valence-corrected chi connectivity index (χ3v) is 4.19. The van der Waals surface area contributed by atoms with Crippen LogP contribution in [0.4, 0.5) is 5.69 Å². The van der Waals surface area contributed by atoms with Gasteiger partial charge in [-0.25, -0.2) is 0 Å². The molecule has 5 nitrogen and oxygen atoms in total. The molecule has 0 radical (unpaired) electrons. The molecule has 1 aromatic rings. The Morgan fingerprint density at radius 3 is 3.05 bits per heavy atom. The van der Waals surface area contributed by atoms with E-state index in [0.29, 0.717) is 11.4 Å². The van der Waals surface area contributed by atoms with Gasteiger partial charge in [-0.2, -0.15) is 0 Å². The Bertz CT molecular complexity index is 524. The molecule has 0 aromatic heterocycles. The molecule has 0 bridgehead atoms. The van der Waals surface area contributed by atoms with Gasteiger partial charge in [0.2, 0.25) is 5.91 Å². The molecule has 1 amide bonds. The lowest BCUT2D eigenvalue weighted by Crippen LogP contribution is -2.46. The summed E-state index contributed by atoms with van der Waals surface area (Å²) in [5.41, 5.74) is 6.82. The lowest BCUT2D eigenvalue weighted by molar-refractivity contribution is -0.123. The third-order valence-electron chi connectivity index (χ3n) is 3.95. The molecule has 1 aromatic carbocycles. The molecule has 0 spiro atoms. The molecule has 1 fully saturated rings. The van der Waals surface area contributed by atoms with Gasteiger partial charge in [0.1, 0.15) is 5.75 Å². The second-order valence-corrected chi connectivity index (χ2v) is 6.09. The van der Waals surface area contributed by atoms with Gasteiger partial charge in [-0.05, 0) is 31.0 Å². The Kier molecular flexibility index (Phi) is 5.91. The molecule has 2 unspecified atom stereocenters. The van der Waals surface area contributed by atoms with E-state index in [9.17, 15) is 4.79 Å². The quantitative estimate of drug-likeness (QED) is 0.841. The van der Waals surface area contributed by atoms with Gasteiger partial charge < -0.3 is 20.7 Å². The van der Waals surface area contributed by atoms with Crippen molar-refractivity contribution in [2.24, 2.45) is 5.73 Å². The van der Waals surface area contributed by atoms with E-state index in [1.807, 2.05) is 25.1 Å². The SMILES string of the molecule is CCCC(N)C(=O)NC1CCN(c2cc(Cl)ccc2OC)C1. The van der Waals surface area contributed by atoms with Crippen LogP contribution in [0.15, 0.2) is 18.2 Å². The van der Waals surface area contributed by atoms with Gasteiger partial charge in [0.05, 0.1) is 18.8 Å². The number of nitrogens with two attached hydrogens (primary N) is 1. The maximum atomic E-state index is 12.0. The second-order valence-electron chi connectivity index (χ2n) is 5.65. The lowest BCUT2D eigenvalue weighted by atomic mass is 10.1. The van der Waals surface area contributed by atoms with Crippen molar-refractivity contribution >= 4 is 23.2 Å². The van der Waals surface area contributed by atoms with E-state index in [1.165, 1.54) is 0 Å². The van der Waals surface area contributed by atoms with Gasteiger partial charge in [0.15, 0.2) is 0 Å². The highest BCUT2D eigenvalue weighted by Crippen LogP contribution is 2.33.